The van der Waals surface area contributed by atoms with Gasteiger partial charge in [0.05, 0.1) is 24.1 Å². The smallest absolute Gasteiger partial charge is 0.216 e. The predicted octanol–water partition coefficient (Wildman–Crippen LogP) is 2.22. The van der Waals surface area contributed by atoms with Gasteiger partial charge in [-0.2, -0.15) is 10.2 Å². The van der Waals surface area contributed by atoms with E-state index in [0.717, 1.165) is 46.5 Å². The molecule has 0 atom stereocenters. The molecule has 0 amide bonds. The number of nitrogens with one attached hydrogen (secondary N) is 1. The number of aryl methyl sites for hydroxylation is 4. The van der Waals surface area contributed by atoms with Crippen LogP contribution in [0.25, 0.3) is 5.82 Å². The van der Waals surface area contributed by atoms with E-state index in [4.69, 9.17) is 4.74 Å². The highest BCUT2D eigenvalue weighted by Crippen LogP contribution is 2.20. The van der Waals surface area contributed by atoms with Crippen molar-refractivity contribution in [3.63, 3.8) is 0 Å². The molecular formula is C18H24N6O. The molecular weight excluding hydrogens is 316 g/mol. The summed E-state index contributed by atoms with van der Waals surface area (Å²) in [5, 5.41) is 12.3. The van der Waals surface area contributed by atoms with Gasteiger partial charge < -0.3 is 10.1 Å². The first-order valence-electron chi connectivity index (χ1n) is 8.25. The Morgan fingerprint density at radius 2 is 1.92 bits per heavy atom. The van der Waals surface area contributed by atoms with Crippen LogP contribution in [0.3, 0.4) is 0 Å². The average Bonchev–Trinajstić information content (AvgIpc) is 3.06. The summed E-state index contributed by atoms with van der Waals surface area (Å²) in [7, 11) is 3.55. The van der Waals surface area contributed by atoms with Crippen molar-refractivity contribution in [2.75, 3.05) is 7.11 Å². The minimum atomic E-state index is 0.696. The lowest BCUT2D eigenvalue weighted by Gasteiger charge is -2.08. The van der Waals surface area contributed by atoms with Crippen LogP contribution in [0.2, 0.25) is 0 Å². The highest BCUT2D eigenvalue weighted by Gasteiger charge is 2.13. The molecule has 3 aromatic heterocycles. The Hall–Kier alpha value is -2.67. The third kappa shape index (κ3) is 3.56. The predicted molar refractivity (Wildman–Crippen MR) is 95.9 cm³/mol. The largest absolute Gasteiger partial charge is 0.481 e. The van der Waals surface area contributed by atoms with Crippen molar-refractivity contribution in [1.82, 2.24) is 29.9 Å². The topological polar surface area (TPSA) is 69.8 Å². The summed E-state index contributed by atoms with van der Waals surface area (Å²) in [5.41, 5.74) is 5.24. The van der Waals surface area contributed by atoms with Crippen molar-refractivity contribution >= 4 is 0 Å². The van der Waals surface area contributed by atoms with Crippen LogP contribution in [-0.2, 0) is 20.1 Å². The van der Waals surface area contributed by atoms with Gasteiger partial charge in [0.25, 0.3) is 0 Å². The van der Waals surface area contributed by atoms with E-state index in [1.54, 1.807) is 11.8 Å². The van der Waals surface area contributed by atoms with Crippen molar-refractivity contribution in [3.05, 3.63) is 52.6 Å². The van der Waals surface area contributed by atoms with Crippen molar-refractivity contribution in [3.8, 4) is 11.7 Å². The third-order valence-electron chi connectivity index (χ3n) is 4.15. The monoisotopic (exact) mass is 340 g/mol. The first kappa shape index (κ1) is 17.2. The molecule has 0 bridgehead atoms. The first-order valence-corrected chi connectivity index (χ1v) is 8.25. The summed E-state index contributed by atoms with van der Waals surface area (Å²) < 4.78 is 9.03. The Morgan fingerprint density at radius 3 is 2.52 bits per heavy atom. The van der Waals surface area contributed by atoms with E-state index in [9.17, 15) is 0 Å². The average molecular weight is 340 g/mol. The van der Waals surface area contributed by atoms with Gasteiger partial charge in [-0.05, 0) is 38.5 Å². The summed E-state index contributed by atoms with van der Waals surface area (Å²) >= 11 is 0. The van der Waals surface area contributed by atoms with Crippen LogP contribution in [0.1, 0.15) is 28.2 Å². The second-order valence-electron chi connectivity index (χ2n) is 6.16. The van der Waals surface area contributed by atoms with E-state index in [1.165, 1.54) is 0 Å². The van der Waals surface area contributed by atoms with Gasteiger partial charge in [-0.25, -0.2) is 14.3 Å². The van der Waals surface area contributed by atoms with Gasteiger partial charge in [-0.15, -0.1) is 0 Å². The van der Waals surface area contributed by atoms with Crippen molar-refractivity contribution < 1.29 is 4.74 Å². The first-order chi connectivity index (χ1) is 12.0. The summed E-state index contributed by atoms with van der Waals surface area (Å²) in [6, 6.07) is 6.10. The molecule has 0 spiro atoms. The summed E-state index contributed by atoms with van der Waals surface area (Å²) in [6.07, 6.45) is 1.88. The maximum Gasteiger partial charge on any atom is 0.216 e. The van der Waals surface area contributed by atoms with Gasteiger partial charge in [0.1, 0.15) is 0 Å². The number of pyridine rings is 1. The van der Waals surface area contributed by atoms with Crippen LogP contribution in [0.15, 0.2) is 24.4 Å². The molecule has 1 N–H and O–H groups in total. The SMILES string of the molecule is COc1c(CNCc2ccc(-n3nc(C)cc3C)nc2)c(C)nn1C. The molecule has 0 saturated heterocycles. The molecule has 0 aromatic carbocycles. The van der Waals surface area contributed by atoms with E-state index in [1.807, 2.05) is 50.8 Å². The second kappa shape index (κ2) is 7.06. The van der Waals surface area contributed by atoms with E-state index < -0.39 is 0 Å². The lowest BCUT2D eigenvalue weighted by molar-refractivity contribution is 0.368. The molecule has 0 aliphatic carbocycles. The molecule has 3 heterocycles. The zero-order valence-corrected chi connectivity index (χ0v) is 15.4. The fourth-order valence-corrected chi connectivity index (χ4v) is 2.98. The zero-order valence-electron chi connectivity index (χ0n) is 15.4. The molecule has 0 aliphatic rings. The Labute approximate surface area is 147 Å². The minimum Gasteiger partial charge on any atom is -0.481 e. The Balaban J connectivity index is 1.64. The lowest BCUT2D eigenvalue weighted by atomic mass is 10.2. The highest BCUT2D eigenvalue weighted by atomic mass is 16.5. The van der Waals surface area contributed by atoms with Crippen LogP contribution in [-0.4, -0.2) is 31.7 Å². The zero-order chi connectivity index (χ0) is 18.0. The number of hydrogen-bond donors (Lipinski definition) is 1. The summed E-state index contributed by atoms with van der Waals surface area (Å²) in [6.45, 7) is 7.42. The molecule has 3 aromatic rings. The lowest BCUT2D eigenvalue weighted by Crippen LogP contribution is -2.14. The van der Waals surface area contributed by atoms with Gasteiger partial charge in [-0.1, -0.05) is 6.07 Å². The van der Waals surface area contributed by atoms with Crippen molar-refractivity contribution in [2.24, 2.45) is 7.05 Å². The van der Waals surface area contributed by atoms with Crippen molar-refractivity contribution in [2.45, 2.75) is 33.9 Å². The molecule has 3 rings (SSSR count). The Kier molecular flexibility index (Phi) is 4.85. The molecule has 0 fully saturated rings. The number of hydrogen-bond acceptors (Lipinski definition) is 5. The number of ether oxygens (including phenoxy) is 1. The Morgan fingerprint density at radius 1 is 1.12 bits per heavy atom. The number of nitrogens with zero attached hydrogens (tertiary/aromatic N) is 5. The normalized spacial score (nSPS) is 11.1. The fourth-order valence-electron chi connectivity index (χ4n) is 2.98. The van der Waals surface area contributed by atoms with E-state index in [2.05, 4.69) is 26.6 Å². The molecule has 25 heavy (non-hydrogen) atoms. The van der Waals surface area contributed by atoms with Crippen LogP contribution in [0.5, 0.6) is 5.88 Å². The van der Waals surface area contributed by atoms with Crippen LogP contribution < -0.4 is 10.1 Å². The molecule has 7 heteroatoms. The van der Waals surface area contributed by atoms with Crippen LogP contribution in [0, 0.1) is 20.8 Å². The second-order valence-corrected chi connectivity index (χ2v) is 6.16. The molecule has 7 nitrogen and oxygen atoms in total. The van der Waals surface area contributed by atoms with Crippen LogP contribution in [0.4, 0.5) is 0 Å². The van der Waals surface area contributed by atoms with Crippen LogP contribution >= 0.6 is 0 Å². The summed E-state index contributed by atoms with van der Waals surface area (Å²) in [5.74, 6) is 1.63. The van der Waals surface area contributed by atoms with E-state index >= 15 is 0 Å². The number of aromatic nitrogens is 5. The summed E-state index contributed by atoms with van der Waals surface area (Å²) in [4.78, 5) is 4.52. The number of rotatable bonds is 6. The number of methoxy groups -OCH3 is 1. The standard InChI is InChI=1S/C18H24N6O/c1-12-8-13(2)24(21-12)17-7-6-15(10-20-17)9-19-11-16-14(3)22-23(4)18(16)25-5/h6-8,10,19H,9,11H2,1-5H3. The molecule has 0 saturated carbocycles. The van der Waals surface area contributed by atoms with Gasteiger partial charge in [0, 0.05) is 32.0 Å². The van der Waals surface area contributed by atoms with E-state index in [0.29, 0.717) is 6.54 Å². The van der Waals surface area contributed by atoms with Gasteiger partial charge >= 0.3 is 0 Å². The highest BCUT2D eigenvalue weighted by molar-refractivity contribution is 5.31. The van der Waals surface area contributed by atoms with Gasteiger partial charge in [-0.3, -0.25) is 0 Å². The maximum atomic E-state index is 5.42. The van der Waals surface area contributed by atoms with E-state index in [-0.39, 0.29) is 0 Å². The molecule has 132 valence electrons. The fraction of sp³-hybridized carbons (Fsp3) is 0.389. The van der Waals surface area contributed by atoms with Gasteiger partial charge in [0.2, 0.25) is 5.88 Å². The van der Waals surface area contributed by atoms with Gasteiger partial charge in [0.15, 0.2) is 5.82 Å². The molecule has 0 unspecified atom stereocenters. The molecule has 0 radical (unpaired) electrons. The quantitative estimate of drug-likeness (QED) is 0.745. The minimum absolute atomic E-state index is 0.696. The van der Waals surface area contributed by atoms with Crippen molar-refractivity contribution in [1.29, 1.82) is 0 Å². The third-order valence-corrected chi connectivity index (χ3v) is 4.15. The maximum absolute atomic E-state index is 5.42. The Bertz CT molecular complexity index is 863. The molecule has 0 aliphatic heterocycles.